The first-order valence-electron chi connectivity index (χ1n) is 14.1. The van der Waals surface area contributed by atoms with Crippen LogP contribution in [0.25, 0.3) is 33.8 Å². The number of benzene rings is 1. The second-order valence-electron chi connectivity index (χ2n) is 10.5. The summed E-state index contributed by atoms with van der Waals surface area (Å²) in [7, 11) is 0. The Morgan fingerprint density at radius 3 is 2.51 bits per heavy atom. The van der Waals surface area contributed by atoms with E-state index in [2.05, 4.69) is 62.8 Å². The van der Waals surface area contributed by atoms with Crippen molar-refractivity contribution in [3.63, 3.8) is 0 Å². The van der Waals surface area contributed by atoms with E-state index in [1.54, 1.807) is 13.1 Å². The minimum atomic E-state index is -0.0520. The monoisotopic (exact) mass is 547 g/mol. The van der Waals surface area contributed by atoms with Gasteiger partial charge < -0.3 is 11.1 Å². The maximum atomic E-state index is 12.0. The van der Waals surface area contributed by atoms with Crippen LogP contribution in [0.2, 0.25) is 0 Å². The number of nitrogen functional groups attached to an aromatic ring is 1. The number of pyridine rings is 2. The van der Waals surface area contributed by atoms with Crippen molar-refractivity contribution in [2.24, 2.45) is 0 Å². The fraction of sp³-hybridized carbons (Fsp3) is 0.273. The summed E-state index contributed by atoms with van der Waals surface area (Å²) in [4.78, 5) is 28.7. The number of carbonyl (C=O) groups is 1. The molecule has 0 unspecified atom stereocenters. The molecule has 0 saturated carbocycles. The molecule has 1 amide bonds. The molecule has 1 aromatic carbocycles. The molecule has 0 atom stereocenters. The zero-order valence-corrected chi connectivity index (χ0v) is 24.0. The highest BCUT2D eigenvalue weighted by Crippen LogP contribution is 2.31. The second-order valence-corrected chi connectivity index (χ2v) is 10.5. The van der Waals surface area contributed by atoms with E-state index < -0.39 is 0 Å². The number of piperidine rings is 1. The zero-order valence-electron chi connectivity index (χ0n) is 24.0. The van der Waals surface area contributed by atoms with Crippen molar-refractivity contribution in [2.45, 2.75) is 46.2 Å². The summed E-state index contributed by atoms with van der Waals surface area (Å²) in [5, 5.41) is 3.08. The third-order valence-corrected chi connectivity index (χ3v) is 7.45. The van der Waals surface area contributed by atoms with Gasteiger partial charge in [-0.05, 0) is 81.1 Å². The molecule has 210 valence electrons. The molecule has 0 aliphatic carbocycles. The molecule has 3 N–H and O–H groups in total. The highest BCUT2D eigenvalue weighted by molar-refractivity contribution is 5.92. The second kappa shape index (κ2) is 12.3. The molecule has 8 heteroatoms. The molecule has 1 aliphatic heterocycles. The number of likely N-dealkylation sites (tertiary alicyclic amines) is 1. The fourth-order valence-corrected chi connectivity index (χ4v) is 5.21. The summed E-state index contributed by atoms with van der Waals surface area (Å²) in [5.74, 6) is 1.07. The summed E-state index contributed by atoms with van der Waals surface area (Å²) in [6, 6.07) is 16.6. The summed E-state index contributed by atoms with van der Waals surface area (Å²) < 4.78 is 2.06. The van der Waals surface area contributed by atoms with Crippen molar-refractivity contribution in [2.75, 3.05) is 18.8 Å². The number of hydrogen-bond acceptors (Lipinski definition) is 6. The van der Waals surface area contributed by atoms with E-state index in [0.29, 0.717) is 17.2 Å². The van der Waals surface area contributed by atoms with Gasteiger partial charge >= 0.3 is 0 Å². The van der Waals surface area contributed by atoms with E-state index in [1.165, 1.54) is 5.56 Å². The minimum absolute atomic E-state index is 0.0520. The van der Waals surface area contributed by atoms with Crippen molar-refractivity contribution in [1.82, 2.24) is 29.7 Å². The molecular weight excluding hydrogens is 510 g/mol. The van der Waals surface area contributed by atoms with Gasteiger partial charge in [-0.25, -0.2) is 15.0 Å². The number of fused-ring (bicyclic) bond motifs is 1. The number of imidazole rings is 1. The van der Waals surface area contributed by atoms with Gasteiger partial charge in [0.2, 0.25) is 5.91 Å². The molecule has 8 nitrogen and oxygen atoms in total. The summed E-state index contributed by atoms with van der Waals surface area (Å²) in [6.45, 7) is 12.2. The van der Waals surface area contributed by atoms with Crippen LogP contribution < -0.4 is 11.1 Å². The van der Waals surface area contributed by atoms with Crippen LogP contribution in [0.1, 0.15) is 44.9 Å². The van der Waals surface area contributed by atoms with Crippen LogP contribution in [0, 0.1) is 0 Å². The summed E-state index contributed by atoms with van der Waals surface area (Å²) in [6.07, 6.45) is 9.68. The zero-order chi connectivity index (χ0) is 28.9. The van der Waals surface area contributed by atoms with Crippen LogP contribution in [0.3, 0.4) is 0 Å². The van der Waals surface area contributed by atoms with Crippen molar-refractivity contribution < 1.29 is 4.79 Å². The number of nitrogens with zero attached hydrogens (tertiary/aromatic N) is 5. The Bertz CT molecular complexity index is 1620. The first-order chi connectivity index (χ1) is 19.9. The molecule has 0 spiro atoms. The van der Waals surface area contributed by atoms with E-state index in [1.807, 2.05) is 44.2 Å². The van der Waals surface area contributed by atoms with E-state index in [0.717, 1.165) is 66.2 Å². The lowest BCUT2D eigenvalue weighted by molar-refractivity contribution is -0.118. The Kier molecular flexibility index (Phi) is 8.40. The first-order valence-corrected chi connectivity index (χ1v) is 14.1. The molecule has 5 rings (SSSR count). The number of aromatic nitrogens is 4. The van der Waals surface area contributed by atoms with Gasteiger partial charge in [0, 0.05) is 43.1 Å². The summed E-state index contributed by atoms with van der Waals surface area (Å²) >= 11 is 0. The number of hydrogen-bond donors (Lipinski definition) is 2. The van der Waals surface area contributed by atoms with E-state index in [9.17, 15) is 4.79 Å². The third-order valence-electron chi connectivity index (χ3n) is 7.45. The Morgan fingerprint density at radius 1 is 1.10 bits per heavy atom. The number of allylic oxidation sites excluding steroid dienone is 4. The SMILES string of the molecule is C=C(C)C(=O)NC1CCN(Cc2ccc(-n3c(-c4cccnc4N)nc4ccc(C(/C=C\C)=C/C)nc43)cc2)CC1. The maximum absolute atomic E-state index is 12.0. The van der Waals surface area contributed by atoms with Crippen molar-refractivity contribution in [1.29, 1.82) is 0 Å². The van der Waals surface area contributed by atoms with E-state index in [-0.39, 0.29) is 11.9 Å². The number of amides is 1. The Labute approximate surface area is 241 Å². The number of nitrogens with one attached hydrogen (secondary N) is 1. The van der Waals surface area contributed by atoms with Crippen LogP contribution >= 0.6 is 0 Å². The molecule has 4 heterocycles. The molecule has 1 fully saturated rings. The maximum Gasteiger partial charge on any atom is 0.246 e. The molecule has 41 heavy (non-hydrogen) atoms. The molecule has 1 saturated heterocycles. The fourth-order valence-electron chi connectivity index (χ4n) is 5.21. The molecule has 4 aromatic rings. The number of rotatable bonds is 8. The van der Waals surface area contributed by atoms with Gasteiger partial charge in [0.05, 0.1) is 11.3 Å². The van der Waals surface area contributed by atoms with Crippen LogP contribution in [0.15, 0.2) is 85.1 Å². The average Bonchev–Trinajstić information content (AvgIpc) is 3.36. The highest BCUT2D eigenvalue weighted by Gasteiger charge is 2.22. The van der Waals surface area contributed by atoms with Crippen LogP contribution in [0.4, 0.5) is 5.82 Å². The van der Waals surface area contributed by atoms with Gasteiger partial charge in [-0.3, -0.25) is 14.3 Å². The topological polar surface area (TPSA) is 102 Å². The largest absolute Gasteiger partial charge is 0.383 e. The minimum Gasteiger partial charge on any atom is -0.383 e. The van der Waals surface area contributed by atoms with Crippen molar-refractivity contribution >= 4 is 28.5 Å². The molecule has 0 bridgehead atoms. The van der Waals surface area contributed by atoms with Crippen LogP contribution in [-0.4, -0.2) is 49.5 Å². The Morgan fingerprint density at radius 2 is 1.85 bits per heavy atom. The molecule has 0 radical (unpaired) electrons. The number of carbonyl (C=O) groups excluding carboxylic acids is 1. The van der Waals surface area contributed by atoms with Crippen molar-refractivity contribution in [3.8, 4) is 17.1 Å². The van der Waals surface area contributed by atoms with Crippen LogP contribution in [0.5, 0.6) is 0 Å². The predicted octanol–water partition coefficient (Wildman–Crippen LogP) is 5.70. The van der Waals surface area contributed by atoms with Crippen LogP contribution in [-0.2, 0) is 11.3 Å². The smallest absolute Gasteiger partial charge is 0.246 e. The first kappa shape index (κ1) is 28.0. The summed E-state index contributed by atoms with van der Waals surface area (Å²) in [5.41, 5.74) is 13.3. The van der Waals surface area contributed by atoms with E-state index >= 15 is 0 Å². The van der Waals surface area contributed by atoms with E-state index in [4.69, 9.17) is 15.7 Å². The number of anilines is 1. The lowest BCUT2D eigenvalue weighted by atomic mass is 10.0. The number of nitrogens with two attached hydrogens (primary N) is 1. The standard InChI is InChI=1S/C33H37N7O/c1-5-8-24(6-2)28-14-15-29-32(37-28)40(31(38-29)27-9-7-18-35-30(27)34)26-12-10-23(11-13-26)21-39-19-16-25(17-20-39)36-33(41)22(3)4/h5-15,18,25H,3,16-17,19-21H2,1-2,4H3,(H2,34,35)(H,36,41)/b8-5-,24-6+. The quantitative estimate of drug-likeness (QED) is 0.217. The molecule has 1 aliphatic rings. The average molecular weight is 548 g/mol. The normalized spacial score (nSPS) is 15.0. The van der Waals surface area contributed by atoms with Gasteiger partial charge in [-0.2, -0.15) is 0 Å². The van der Waals surface area contributed by atoms with Gasteiger partial charge in [0.1, 0.15) is 11.3 Å². The lowest BCUT2D eigenvalue weighted by Crippen LogP contribution is -2.44. The van der Waals surface area contributed by atoms with Gasteiger partial charge in [-0.1, -0.05) is 36.9 Å². The third kappa shape index (κ3) is 6.12. The van der Waals surface area contributed by atoms with Gasteiger partial charge in [0.15, 0.2) is 11.5 Å². The Hall–Kier alpha value is -4.56. The van der Waals surface area contributed by atoms with Crippen molar-refractivity contribution in [3.05, 3.63) is 96.4 Å². The van der Waals surface area contributed by atoms with Gasteiger partial charge in [0.25, 0.3) is 0 Å². The highest BCUT2D eigenvalue weighted by atomic mass is 16.1. The van der Waals surface area contributed by atoms with Gasteiger partial charge in [-0.15, -0.1) is 0 Å². The lowest BCUT2D eigenvalue weighted by Gasteiger charge is -2.32. The molecule has 3 aromatic heterocycles. The Balaban J connectivity index is 1.44. The molecular formula is C33H37N7O. The predicted molar refractivity (Wildman–Crippen MR) is 166 cm³/mol.